The van der Waals surface area contributed by atoms with Crippen LogP contribution in [0, 0.1) is 0 Å². The summed E-state index contributed by atoms with van der Waals surface area (Å²) in [5.74, 6) is 6.32. The van der Waals surface area contributed by atoms with Crippen LogP contribution in [0.4, 0.5) is 0 Å². The van der Waals surface area contributed by atoms with E-state index in [0.717, 1.165) is 16.9 Å². The van der Waals surface area contributed by atoms with Crippen molar-refractivity contribution in [3.8, 4) is 0 Å². The molecule has 0 spiro atoms. The zero-order chi connectivity index (χ0) is 14.9. The number of sulfone groups is 1. The van der Waals surface area contributed by atoms with E-state index in [1.165, 1.54) is 6.26 Å². The standard InChI is InChI=1S/C13H20N4O2S/c1-9(20(3,18)19)11(16-14)8-13-15-10-6-4-5-7-12(10)17(13)2/h4-7,9,11,16H,8,14H2,1-3H3. The third-order valence-electron chi connectivity index (χ3n) is 3.74. The van der Waals surface area contributed by atoms with Crippen LogP contribution < -0.4 is 11.3 Å². The summed E-state index contributed by atoms with van der Waals surface area (Å²) < 4.78 is 25.3. The van der Waals surface area contributed by atoms with E-state index in [4.69, 9.17) is 5.84 Å². The maximum absolute atomic E-state index is 11.7. The normalized spacial score (nSPS) is 15.4. The van der Waals surface area contributed by atoms with Crippen LogP contribution in [0.3, 0.4) is 0 Å². The Labute approximate surface area is 118 Å². The van der Waals surface area contributed by atoms with Crippen molar-refractivity contribution in [2.75, 3.05) is 6.26 Å². The minimum atomic E-state index is -3.16. The highest BCUT2D eigenvalue weighted by molar-refractivity contribution is 7.91. The molecule has 0 saturated carbocycles. The number of imidazole rings is 1. The van der Waals surface area contributed by atoms with E-state index in [1.54, 1.807) is 6.92 Å². The molecule has 1 aromatic carbocycles. The Kier molecular flexibility index (Phi) is 4.12. The molecule has 0 aliphatic carbocycles. The quantitative estimate of drug-likeness (QED) is 0.615. The van der Waals surface area contributed by atoms with Gasteiger partial charge in [0.2, 0.25) is 0 Å². The first-order chi connectivity index (χ1) is 9.34. The van der Waals surface area contributed by atoms with Crippen LogP contribution in [0.1, 0.15) is 12.7 Å². The topological polar surface area (TPSA) is 90.0 Å². The zero-order valence-electron chi connectivity index (χ0n) is 11.9. The SMILES string of the molecule is CC(C(Cc1nc2ccccc2n1C)NN)S(C)(=O)=O. The lowest BCUT2D eigenvalue weighted by molar-refractivity contribution is 0.482. The Hall–Kier alpha value is -1.44. The Bertz CT molecular complexity index is 708. The largest absolute Gasteiger partial charge is 0.331 e. The molecule has 7 heteroatoms. The highest BCUT2D eigenvalue weighted by Gasteiger charge is 2.26. The molecule has 0 aliphatic rings. The lowest BCUT2D eigenvalue weighted by atomic mass is 10.1. The van der Waals surface area contributed by atoms with Crippen LogP contribution in [-0.4, -0.2) is 35.5 Å². The van der Waals surface area contributed by atoms with E-state index < -0.39 is 15.1 Å². The van der Waals surface area contributed by atoms with Crippen molar-refractivity contribution in [3.63, 3.8) is 0 Å². The van der Waals surface area contributed by atoms with E-state index >= 15 is 0 Å². The fraction of sp³-hybridized carbons (Fsp3) is 0.462. The number of fused-ring (bicyclic) bond motifs is 1. The molecular weight excluding hydrogens is 276 g/mol. The van der Waals surface area contributed by atoms with Gasteiger partial charge in [-0.3, -0.25) is 11.3 Å². The van der Waals surface area contributed by atoms with Gasteiger partial charge in [0.25, 0.3) is 0 Å². The molecule has 0 saturated heterocycles. The van der Waals surface area contributed by atoms with Crippen LogP contribution in [-0.2, 0) is 23.3 Å². The molecule has 20 heavy (non-hydrogen) atoms. The molecular formula is C13H20N4O2S. The second-order valence-electron chi connectivity index (χ2n) is 5.09. The predicted octanol–water partition coefficient (Wildman–Crippen LogP) is 0.381. The molecule has 1 heterocycles. The van der Waals surface area contributed by atoms with Crippen molar-refractivity contribution < 1.29 is 8.42 Å². The number of hydrogen-bond acceptors (Lipinski definition) is 5. The summed E-state index contributed by atoms with van der Waals surface area (Å²) in [7, 11) is -1.24. The molecule has 1 aromatic heterocycles. The monoisotopic (exact) mass is 296 g/mol. The third-order valence-corrected chi connectivity index (χ3v) is 5.42. The first kappa shape index (κ1) is 15.0. The van der Waals surface area contributed by atoms with Gasteiger partial charge in [-0.05, 0) is 19.1 Å². The van der Waals surface area contributed by atoms with Gasteiger partial charge < -0.3 is 4.57 Å². The van der Waals surface area contributed by atoms with Crippen molar-refractivity contribution in [2.45, 2.75) is 24.6 Å². The van der Waals surface area contributed by atoms with Gasteiger partial charge in [-0.15, -0.1) is 0 Å². The number of aryl methyl sites for hydroxylation is 1. The average Bonchev–Trinajstić information content (AvgIpc) is 2.71. The van der Waals surface area contributed by atoms with Gasteiger partial charge in [-0.2, -0.15) is 0 Å². The predicted molar refractivity (Wildman–Crippen MR) is 79.8 cm³/mol. The molecule has 2 unspecified atom stereocenters. The maximum Gasteiger partial charge on any atom is 0.151 e. The molecule has 3 N–H and O–H groups in total. The minimum absolute atomic E-state index is 0.375. The van der Waals surface area contributed by atoms with Crippen LogP contribution in [0.25, 0.3) is 11.0 Å². The van der Waals surface area contributed by atoms with Crippen LogP contribution in [0.2, 0.25) is 0 Å². The van der Waals surface area contributed by atoms with Gasteiger partial charge in [0, 0.05) is 25.8 Å². The summed E-state index contributed by atoms with van der Waals surface area (Å²) in [5.41, 5.74) is 4.51. The van der Waals surface area contributed by atoms with Gasteiger partial charge in [0.1, 0.15) is 5.82 Å². The number of aromatic nitrogens is 2. The number of hydrogen-bond donors (Lipinski definition) is 2. The fourth-order valence-corrected chi connectivity index (χ4v) is 3.01. The molecule has 2 atom stereocenters. The lowest BCUT2D eigenvalue weighted by Gasteiger charge is -2.21. The second kappa shape index (κ2) is 5.51. The Morgan fingerprint density at radius 1 is 1.40 bits per heavy atom. The number of nitrogens with one attached hydrogen (secondary N) is 1. The summed E-state index contributed by atoms with van der Waals surface area (Å²) in [5, 5.41) is -0.577. The summed E-state index contributed by atoms with van der Waals surface area (Å²) >= 11 is 0. The Morgan fingerprint density at radius 2 is 2.05 bits per heavy atom. The van der Waals surface area contributed by atoms with Gasteiger partial charge in [0.15, 0.2) is 9.84 Å². The van der Waals surface area contributed by atoms with Gasteiger partial charge in [0.05, 0.1) is 16.3 Å². The van der Waals surface area contributed by atoms with Crippen molar-refractivity contribution in [3.05, 3.63) is 30.1 Å². The fourth-order valence-electron chi connectivity index (χ4n) is 2.23. The van der Waals surface area contributed by atoms with Crippen LogP contribution in [0.15, 0.2) is 24.3 Å². The van der Waals surface area contributed by atoms with Crippen LogP contribution in [0.5, 0.6) is 0 Å². The Balaban J connectivity index is 2.33. The number of benzene rings is 1. The van der Waals surface area contributed by atoms with Crippen LogP contribution >= 0.6 is 0 Å². The maximum atomic E-state index is 11.7. The highest BCUT2D eigenvalue weighted by Crippen LogP contribution is 2.17. The van der Waals surface area contributed by atoms with Gasteiger partial charge >= 0.3 is 0 Å². The molecule has 0 aliphatic heterocycles. The van der Waals surface area contributed by atoms with E-state index in [0.29, 0.717) is 6.42 Å². The lowest BCUT2D eigenvalue weighted by Crippen LogP contribution is -2.47. The summed E-state index contributed by atoms with van der Waals surface area (Å²) in [6, 6.07) is 7.42. The second-order valence-corrected chi connectivity index (χ2v) is 7.49. The average molecular weight is 296 g/mol. The van der Waals surface area contributed by atoms with E-state index in [1.807, 2.05) is 35.9 Å². The molecule has 6 nitrogen and oxygen atoms in total. The number of nitrogens with zero attached hydrogens (tertiary/aromatic N) is 2. The first-order valence-electron chi connectivity index (χ1n) is 6.40. The molecule has 110 valence electrons. The van der Waals surface area contributed by atoms with Crippen molar-refractivity contribution in [1.82, 2.24) is 15.0 Å². The first-order valence-corrected chi connectivity index (χ1v) is 8.35. The van der Waals surface area contributed by atoms with Gasteiger partial charge in [-0.1, -0.05) is 12.1 Å². The number of para-hydroxylation sites is 2. The molecule has 0 amide bonds. The van der Waals surface area contributed by atoms with Crippen molar-refractivity contribution in [2.24, 2.45) is 12.9 Å². The molecule has 0 fully saturated rings. The zero-order valence-corrected chi connectivity index (χ0v) is 12.7. The minimum Gasteiger partial charge on any atom is -0.331 e. The summed E-state index contributed by atoms with van der Waals surface area (Å²) in [6.45, 7) is 1.66. The van der Waals surface area contributed by atoms with Crippen molar-refractivity contribution in [1.29, 1.82) is 0 Å². The number of rotatable bonds is 5. The Morgan fingerprint density at radius 3 is 2.60 bits per heavy atom. The molecule has 0 bridgehead atoms. The highest BCUT2D eigenvalue weighted by atomic mass is 32.2. The van der Waals surface area contributed by atoms with Gasteiger partial charge in [-0.25, -0.2) is 13.4 Å². The number of nitrogens with two attached hydrogens (primary N) is 1. The molecule has 2 aromatic rings. The van der Waals surface area contributed by atoms with E-state index in [-0.39, 0.29) is 6.04 Å². The smallest absolute Gasteiger partial charge is 0.151 e. The summed E-state index contributed by atoms with van der Waals surface area (Å²) in [4.78, 5) is 4.54. The van der Waals surface area contributed by atoms with Crippen molar-refractivity contribution >= 4 is 20.9 Å². The summed E-state index contributed by atoms with van der Waals surface area (Å²) in [6.07, 6.45) is 1.67. The molecule has 2 rings (SSSR count). The molecule has 0 radical (unpaired) electrons. The third kappa shape index (κ3) is 2.84. The van der Waals surface area contributed by atoms with E-state index in [9.17, 15) is 8.42 Å². The number of hydrazine groups is 1. The van der Waals surface area contributed by atoms with E-state index in [2.05, 4.69) is 10.4 Å².